The van der Waals surface area contributed by atoms with Crippen LogP contribution in [0.5, 0.6) is 0 Å². The largest absolute Gasteiger partial charge is 0.369 e. The number of nitrogens with one attached hydrogen (secondary N) is 1. The molecule has 0 fully saturated rings. The number of rotatable bonds is 2. The van der Waals surface area contributed by atoms with Crippen LogP contribution in [0, 0.1) is 6.92 Å². The Balaban J connectivity index is 2.60. The van der Waals surface area contributed by atoms with Crippen LogP contribution in [0.1, 0.15) is 5.69 Å². The number of halogens is 3. The van der Waals surface area contributed by atoms with Gasteiger partial charge in [-0.25, -0.2) is 0 Å². The van der Waals surface area contributed by atoms with E-state index < -0.39 is 10.0 Å². The molecule has 74 valence electrons. The van der Waals surface area contributed by atoms with Crippen molar-refractivity contribution in [1.82, 2.24) is 4.37 Å². The van der Waals surface area contributed by atoms with Gasteiger partial charge in [-0.2, -0.15) is 4.37 Å². The van der Waals surface area contributed by atoms with Crippen LogP contribution in [0.25, 0.3) is 0 Å². The lowest BCUT2D eigenvalue weighted by Crippen LogP contribution is -2.32. The minimum absolute atomic E-state index is 0.663. The predicted molar refractivity (Wildman–Crippen MR) is 56.8 cm³/mol. The number of aliphatic hydroxyl groups is 1. The number of aryl methyl sites for hydroxylation is 1. The molecule has 0 aliphatic rings. The third kappa shape index (κ3) is 3.48. The zero-order valence-corrected chi connectivity index (χ0v) is 9.68. The fourth-order valence-corrected chi connectivity index (χ4v) is 1.49. The number of hydrogen-bond donors (Lipinski definition) is 2. The molecule has 13 heavy (non-hydrogen) atoms. The topological polar surface area (TPSA) is 45.1 Å². The molecule has 1 aromatic rings. The molecule has 0 bridgehead atoms. The molecular weight excluding hydrogens is 255 g/mol. The van der Waals surface area contributed by atoms with E-state index in [1.165, 1.54) is 11.5 Å². The lowest BCUT2D eigenvalue weighted by molar-refractivity contribution is 0.208. The lowest BCUT2D eigenvalue weighted by atomic mass is 10.5. The molecule has 2 N–H and O–H groups in total. The Morgan fingerprint density at radius 2 is 2.23 bits per heavy atom. The summed E-state index contributed by atoms with van der Waals surface area (Å²) in [6.07, 6.45) is -1.24. The van der Waals surface area contributed by atoms with Gasteiger partial charge in [0.15, 0.2) is 6.23 Å². The van der Waals surface area contributed by atoms with Crippen LogP contribution in [-0.2, 0) is 0 Å². The molecule has 7 heteroatoms. The second-order valence-corrected chi connectivity index (χ2v) is 5.59. The van der Waals surface area contributed by atoms with E-state index in [0.29, 0.717) is 5.00 Å². The van der Waals surface area contributed by atoms with Gasteiger partial charge in [-0.3, -0.25) is 0 Å². The molecular formula is C6H7Cl3N2OS. The SMILES string of the molecule is Cc1cc(NC(O)C(Cl)(Cl)Cl)sn1. The highest BCUT2D eigenvalue weighted by molar-refractivity contribution is 7.10. The summed E-state index contributed by atoms with van der Waals surface area (Å²) in [7, 11) is 0. The fraction of sp³-hybridized carbons (Fsp3) is 0.500. The number of anilines is 1. The average molecular weight is 262 g/mol. The highest BCUT2D eigenvalue weighted by Gasteiger charge is 2.31. The van der Waals surface area contributed by atoms with Gasteiger partial charge in [-0.15, -0.1) is 0 Å². The number of aromatic nitrogens is 1. The molecule has 0 aliphatic heterocycles. The van der Waals surface area contributed by atoms with Gasteiger partial charge in [-0.1, -0.05) is 34.8 Å². The second kappa shape index (κ2) is 4.19. The second-order valence-electron chi connectivity index (χ2n) is 2.42. The van der Waals surface area contributed by atoms with Gasteiger partial charge < -0.3 is 10.4 Å². The Morgan fingerprint density at radius 1 is 1.62 bits per heavy atom. The third-order valence-corrected chi connectivity index (χ3v) is 2.65. The van der Waals surface area contributed by atoms with Crippen molar-refractivity contribution in [2.75, 3.05) is 5.32 Å². The predicted octanol–water partition coefficient (Wildman–Crippen LogP) is 2.55. The number of nitrogens with zero attached hydrogens (tertiary/aromatic N) is 1. The van der Waals surface area contributed by atoms with Crippen LogP contribution >= 0.6 is 46.3 Å². The van der Waals surface area contributed by atoms with Crippen LogP contribution < -0.4 is 5.32 Å². The average Bonchev–Trinajstić information content (AvgIpc) is 2.33. The van der Waals surface area contributed by atoms with Crippen molar-refractivity contribution < 1.29 is 5.11 Å². The summed E-state index contributed by atoms with van der Waals surface area (Å²) in [5.74, 6) is 0. The van der Waals surface area contributed by atoms with Gasteiger partial charge in [-0.05, 0) is 24.5 Å². The molecule has 1 heterocycles. The Morgan fingerprint density at radius 3 is 2.62 bits per heavy atom. The van der Waals surface area contributed by atoms with Crippen molar-refractivity contribution in [1.29, 1.82) is 0 Å². The summed E-state index contributed by atoms with van der Waals surface area (Å²) in [5.41, 5.74) is 0.851. The maximum atomic E-state index is 9.32. The monoisotopic (exact) mass is 260 g/mol. The molecule has 1 rings (SSSR count). The van der Waals surface area contributed by atoms with Gasteiger partial charge in [0.05, 0.1) is 5.69 Å². The molecule has 0 saturated carbocycles. The quantitative estimate of drug-likeness (QED) is 0.635. The van der Waals surface area contributed by atoms with Crippen LogP contribution in [0.2, 0.25) is 0 Å². The Labute approximate surface area is 94.8 Å². The maximum Gasteiger partial charge on any atom is 0.234 e. The van der Waals surface area contributed by atoms with Gasteiger partial charge in [0.2, 0.25) is 3.79 Å². The Hall–Kier alpha value is 0.260. The zero-order chi connectivity index (χ0) is 10.1. The van der Waals surface area contributed by atoms with Crippen molar-refractivity contribution in [3.63, 3.8) is 0 Å². The summed E-state index contributed by atoms with van der Waals surface area (Å²) < 4.78 is 2.25. The summed E-state index contributed by atoms with van der Waals surface area (Å²) in [6, 6.07) is 1.75. The van der Waals surface area contributed by atoms with E-state index in [1.54, 1.807) is 6.07 Å². The highest BCUT2D eigenvalue weighted by Crippen LogP contribution is 2.31. The third-order valence-electron chi connectivity index (χ3n) is 1.22. The smallest absolute Gasteiger partial charge is 0.234 e. The summed E-state index contributed by atoms with van der Waals surface area (Å²) in [4.78, 5) is 0. The number of hydrogen-bond acceptors (Lipinski definition) is 4. The Kier molecular flexibility index (Phi) is 3.65. The molecule has 1 aromatic heterocycles. The molecule has 1 unspecified atom stereocenters. The Bertz CT molecular complexity index is 286. The first-order valence-electron chi connectivity index (χ1n) is 3.34. The van der Waals surface area contributed by atoms with Crippen LogP contribution in [-0.4, -0.2) is 19.5 Å². The van der Waals surface area contributed by atoms with E-state index >= 15 is 0 Å². The molecule has 1 atom stereocenters. The van der Waals surface area contributed by atoms with Crippen LogP contribution in [0.4, 0.5) is 5.00 Å². The van der Waals surface area contributed by atoms with Crippen molar-refractivity contribution in [3.05, 3.63) is 11.8 Å². The van der Waals surface area contributed by atoms with E-state index in [1.807, 2.05) is 6.92 Å². The molecule has 0 aliphatic carbocycles. The van der Waals surface area contributed by atoms with Gasteiger partial charge in [0, 0.05) is 0 Å². The van der Waals surface area contributed by atoms with E-state index in [-0.39, 0.29) is 0 Å². The molecule has 3 nitrogen and oxygen atoms in total. The minimum atomic E-state index is -1.74. The first kappa shape index (κ1) is 11.3. The van der Waals surface area contributed by atoms with Crippen molar-refractivity contribution in [2.45, 2.75) is 16.9 Å². The molecule has 0 radical (unpaired) electrons. The van der Waals surface area contributed by atoms with E-state index in [2.05, 4.69) is 9.69 Å². The first-order valence-corrected chi connectivity index (χ1v) is 5.25. The molecule has 0 amide bonds. The number of aliphatic hydroxyl groups excluding tert-OH is 1. The number of alkyl halides is 3. The molecule has 0 saturated heterocycles. The van der Waals surface area contributed by atoms with Crippen molar-refractivity contribution >= 4 is 51.3 Å². The zero-order valence-electron chi connectivity index (χ0n) is 6.59. The summed E-state index contributed by atoms with van der Waals surface area (Å²) >= 11 is 17.5. The lowest BCUT2D eigenvalue weighted by Gasteiger charge is -2.19. The normalized spacial score (nSPS) is 14.2. The van der Waals surface area contributed by atoms with Gasteiger partial charge >= 0.3 is 0 Å². The molecule has 0 aromatic carbocycles. The summed E-state index contributed by atoms with van der Waals surface area (Å²) in [6.45, 7) is 1.84. The maximum absolute atomic E-state index is 9.32. The van der Waals surface area contributed by atoms with Gasteiger partial charge in [0.25, 0.3) is 0 Å². The van der Waals surface area contributed by atoms with E-state index in [9.17, 15) is 5.11 Å². The highest BCUT2D eigenvalue weighted by atomic mass is 35.6. The summed E-state index contributed by atoms with van der Waals surface area (Å²) in [5, 5.41) is 12.6. The fourth-order valence-electron chi connectivity index (χ4n) is 0.648. The van der Waals surface area contributed by atoms with E-state index in [0.717, 1.165) is 5.69 Å². The first-order chi connectivity index (χ1) is 5.89. The van der Waals surface area contributed by atoms with Crippen LogP contribution in [0.3, 0.4) is 0 Å². The molecule has 0 spiro atoms. The standard InChI is InChI=1S/C6H7Cl3N2OS/c1-3-2-4(13-11-3)10-5(12)6(7,8)9/h2,5,10,12H,1H3. The minimum Gasteiger partial charge on any atom is -0.369 e. The van der Waals surface area contributed by atoms with Crippen molar-refractivity contribution in [2.24, 2.45) is 0 Å². The van der Waals surface area contributed by atoms with Crippen LogP contribution in [0.15, 0.2) is 6.07 Å². The van der Waals surface area contributed by atoms with E-state index in [4.69, 9.17) is 34.8 Å². The van der Waals surface area contributed by atoms with Crippen molar-refractivity contribution in [3.8, 4) is 0 Å². The van der Waals surface area contributed by atoms with Gasteiger partial charge in [0.1, 0.15) is 5.00 Å².